The van der Waals surface area contributed by atoms with Crippen molar-refractivity contribution in [2.75, 3.05) is 0 Å². The van der Waals surface area contributed by atoms with Crippen molar-refractivity contribution < 1.29 is 81.1 Å². The summed E-state index contributed by atoms with van der Waals surface area (Å²) in [6, 6.07) is 0. The van der Waals surface area contributed by atoms with E-state index in [2.05, 4.69) is 0 Å². The molecule has 12 unspecified atom stereocenters. The van der Waals surface area contributed by atoms with E-state index in [4.69, 9.17) is 66.3 Å². The Morgan fingerprint density at radius 2 is 0.547 bits per heavy atom. The molecule has 0 spiro atoms. The van der Waals surface area contributed by atoms with Crippen LogP contribution in [0, 0.1) is 0 Å². The molecule has 0 saturated heterocycles. The summed E-state index contributed by atoms with van der Waals surface area (Å²) in [4.78, 5) is 41.1. The van der Waals surface area contributed by atoms with Crippen molar-refractivity contribution in [3.8, 4) is 0 Å². The molecule has 4 aliphatic carbocycles. The molecule has 0 radical (unpaired) electrons. The SMILES string of the molecule is CC1(N)CCC1(N)CC(O)C(=O)[O-].CC1(N)CCC1(N)CC(O)C(=O)[O-].CC1(N)CCC1(N)CC(O)C(=O)[O-].CC1(N)CCC1(N)CC(O)C(=O)[O-].[Pt+4]. The number of aliphatic carboxylic acids is 4. The quantitative estimate of drug-likeness (QED) is 0.0864. The van der Waals surface area contributed by atoms with Gasteiger partial charge in [0, 0.05) is 44.3 Å². The molecule has 310 valence electrons. The topological polar surface area (TPSA) is 450 Å². The third-order valence-electron chi connectivity index (χ3n) is 12.2. The van der Waals surface area contributed by atoms with Crippen molar-refractivity contribution in [1.29, 1.82) is 0 Å². The third kappa shape index (κ3) is 12.0. The van der Waals surface area contributed by atoms with Gasteiger partial charge in [0.05, 0.1) is 48.3 Å². The molecule has 20 nitrogen and oxygen atoms in total. The number of carbonyl (C=O) groups is 4. The van der Waals surface area contributed by atoms with Crippen LogP contribution in [-0.2, 0) is 40.2 Å². The summed E-state index contributed by atoms with van der Waals surface area (Å²) in [6.07, 6.45) is -0.652. The molecule has 0 aromatic rings. The van der Waals surface area contributed by atoms with Crippen molar-refractivity contribution in [1.82, 2.24) is 0 Å². The van der Waals surface area contributed by atoms with E-state index in [-0.39, 0.29) is 46.7 Å². The molecule has 0 aliphatic heterocycles. The maximum Gasteiger partial charge on any atom is 4.00 e. The summed E-state index contributed by atoms with van der Waals surface area (Å²) in [5.41, 5.74) is 41.2. The maximum absolute atomic E-state index is 10.3. The monoisotopic (exact) mass is 943 g/mol. The first-order valence-corrected chi connectivity index (χ1v) is 17.0. The van der Waals surface area contributed by atoms with Crippen LogP contribution in [0.15, 0.2) is 0 Å². The van der Waals surface area contributed by atoms with Gasteiger partial charge < -0.3 is 106 Å². The van der Waals surface area contributed by atoms with Crippen LogP contribution in [0.3, 0.4) is 0 Å². The van der Waals surface area contributed by atoms with E-state index in [9.17, 15) is 39.6 Å². The van der Waals surface area contributed by atoms with E-state index in [0.717, 1.165) is 25.7 Å². The molecule has 0 bridgehead atoms. The molecule has 21 heteroatoms. The minimum Gasteiger partial charge on any atom is -0.547 e. The van der Waals surface area contributed by atoms with Crippen LogP contribution in [0.1, 0.15) is 105 Å². The summed E-state index contributed by atoms with van der Waals surface area (Å²) in [5, 5.41) is 77.3. The van der Waals surface area contributed by atoms with Gasteiger partial charge in [-0.15, -0.1) is 0 Å². The van der Waals surface area contributed by atoms with Gasteiger partial charge in [-0.25, -0.2) is 0 Å². The second kappa shape index (κ2) is 17.9. The molecule has 4 saturated carbocycles. The van der Waals surface area contributed by atoms with Gasteiger partial charge in [0.25, 0.3) is 0 Å². The fourth-order valence-electron chi connectivity index (χ4n) is 6.42. The first-order chi connectivity index (χ1) is 23.1. The molecule has 0 amide bonds. The van der Waals surface area contributed by atoms with E-state index in [1.165, 1.54) is 0 Å². The van der Waals surface area contributed by atoms with Crippen LogP contribution >= 0.6 is 0 Å². The van der Waals surface area contributed by atoms with Gasteiger partial charge in [-0.1, -0.05) is 0 Å². The Bertz CT molecular complexity index is 1120. The van der Waals surface area contributed by atoms with Gasteiger partial charge in [-0.3, -0.25) is 0 Å². The van der Waals surface area contributed by atoms with Crippen LogP contribution in [0.4, 0.5) is 0 Å². The number of carbonyl (C=O) groups excluding carboxylic acids is 4. The van der Waals surface area contributed by atoms with Crippen LogP contribution in [0.5, 0.6) is 0 Å². The first kappa shape index (κ1) is 51.1. The van der Waals surface area contributed by atoms with Crippen LogP contribution in [0.2, 0.25) is 0 Å². The second-order valence-corrected chi connectivity index (χ2v) is 16.5. The standard InChI is InChI=1S/4C8H16N2O3.Pt/c4*1-7(9)2-3-8(7,10)4-5(11)6(12)13;/h4*5,11H,2-4,9-10H2,1H3,(H,12,13);/q;;;;+4/p-4. The Balaban J connectivity index is 0.000000676. The van der Waals surface area contributed by atoms with Crippen molar-refractivity contribution in [2.24, 2.45) is 45.9 Å². The summed E-state index contributed by atoms with van der Waals surface area (Å²) in [5.74, 6) is -5.97. The zero-order valence-electron chi connectivity index (χ0n) is 30.8. The smallest absolute Gasteiger partial charge is 0.547 e. The van der Waals surface area contributed by atoms with E-state index < -0.39 is 92.6 Å². The molecule has 20 N–H and O–H groups in total. The second-order valence-electron chi connectivity index (χ2n) is 16.5. The summed E-state index contributed by atoms with van der Waals surface area (Å²) >= 11 is 0. The largest absolute Gasteiger partial charge is 4.00 e. The number of carboxylic acid groups (broad SMARTS) is 4. The van der Waals surface area contributed by atoms with E-state index in [1.807, 2.05) is 0 Å². The molecule has 12 atom stereocenters. The average Bonchev–Trinajstić information content (AvgIpc) is 3.02. The normalized spacial score (nSPS) is 40.2. The van der Waals surface area contributed by atoms with Crippen molar-refractivity contribution in [3.05, 3.63) is 0 Å². The Kier molecular flexibility index (Phi) is 17.3. The van der Waals surface area contributed by atoms with Crippen molar-refractivity contribution >= 4 is 23.9 Å². The number of hydrogen-bond acceptors (Lipinski definition) is 20. The molecule has 4 aliphatic rings. The number of nitrogens with two attached hydrogens (primary N) is 8. The Morgan fingerprint density at radius 3 is 0.604 bits per heavy atom. The van der Waals surface area contributed by atoms with E-state index in [0.29, 0.717) is 25.7 Å². The third-order valence-corrected chi connectivity index (χ3v) is 12.2. The molecule has 4 rings (SSSR count). The Morgan fingerprint density at radius 1 is 0.415 bits per heavy atom. The fraction of sp³-hybridized carbons (Fsp3) is 0.875. The van der Waals surface area contributed by atoms with E-state index in [1.54, 1.807) is 27.7 Å². The molecule has 4 fully saturated rings. The summed E-state index contributed by atoms with van der Waals surface area (Å²) < 4.78 is 0. The molecule has 0 heterocycles. The summed E-state index contributed by atoms with van der Waals surface area (Å²) in [6.45, 7) is 7.05. The Hall–Kier alpha value is -1.91. The van der Waals surface area contributed by atoms with Crippen LogP contribution < -0.4 is 66.3 Å². The predicted molar refractivity (Wildman–Crippen MR) is 178 cm³/mol. The summed E-state index contributed by atoms with van der Waals surface area (Å²) in [7, 11) is 0. The number of aliphatic hydroxyl groups is 4. The number of hydrogen-bond donors (Lipinski definition) is 12. The van der Waals surface area contributed by atoms with Gasteiger partial charge in [0.15, 0.2) is 0 Å². The first-order valence-electron chi connectivity index (χ1n) is 17.0. The minimum atomic E-state index is -1.52. The molecular formula is C32H60N8O12Pt. The molecular weight excluding hydrogens is 883 g/mol. The van der Waals surface area contributed by atoms with Gasteiger partial charge in [-0.05, 0) is 105 Å². The van der Waals surface area contributed by atoms with Gasteiger partial charge >= 0.3 is 21.1 Å². The van der Waals surface area contributed by atoms with Crippen LogP contribution in [0.25, 0.3) is 0 Å². The maximum atomic E-state index is 10.3. The van der Waals surface area contributed by atoms with E-state index >= 15 is 0 Å². The zero-order chi connectivity index (χ0) is 41.1. The van der Waals surface area contributed by atoms with Crippen molar-refractivity contribution in [3.63, 3.8) is 0 Å². The Labute approximate surface area is 323 Å². The zero-order valence-corrected chi connectivity index (χ0v) is 33.1. The van der Waals surface area contributed by atoms with Crippen LogP contribution in [-0.4, -0.2) is 113 Å². The molecule has 0 aromatic carbocycles. The van der Waals surface area contributed by atoms with Crippen molar-refractivity contribution in [2.45, 2.75) is 173 Å². The van der Waals surface area contributed by atoms with Gasteiger partial charge in [0.2, 0.25) is 0 Å². The number of carboxylic acids is 4. The molecule has 0 aromatic heterocycles. The fourth-order valence-corrected chi connectivity index (χ4v) is 6.42. The predicted octanol–water partition coefficient (Wildman–Crippen LogP) is -9.22. The number of aliphatic hydroxyl groups excluding tert-OH is 4. The minimum absolute atomic E-state index is 0. The van der Waals surface area contributed by atoms with Gasteiger partial charge in [-0.2, -0.15) is 0 Å². The van der Waals surface area contributed by atoms with Gasteiger partial charge in [0.1, 0.15) is 0 Å². The average molecular weight is 944 g/mol. The molecule has 53 heavy (non-hydrogen) atoms. The number of rotatable bonds is 12.